The van der Waals surface area contributed by atoms with Gasteiger partial charge in [-0.15, -0.1) is 0 Å². The molecule has 2 unspecified atom stereocenters. The van der Waals surface area contributed by atoms with E-state index in [2.05, 4.69) is 23.3 Å². The van der Waals surface area contributed by atoms with Crippen molar-refractivity contribution in [2.45, 2.75) is 44.7 Å². The first-order valence-electron chi connectivity index (χ1n) is 6.12. The molecule has 0 saturated heterocycles. The van der Waals surface area contributed by atoms with Crippen molar-refractivity contribution in [3.63, 3.8) is 0 Å². The first kappa shape index (κ1) is 11.6. The molecule has 0 radical (unpaired) electrons. The minimum atomic E-state index is 0.246. The molecule has 1 aromatic heterocycles. The van der Waals surface area contributed by atoms with Crippen LogP contribution in [0.15, 0.2) is 18.3 Å². The highest BCUT2D eigenvalue weighted by Gasteiger charge is 2.21. The van der Waals surface area contributed by atoms with Gasteiger partial charge in [-0.25, -0.2) is 0 Å². The van der Waals surface area contributed by atoms with E-state index in [0.717, 1.165) is 19.3 Å². The molecule has 16 heavy (non-hydrogen) atoms. The van der Waals surface area contributed by atoms with Gasteiger partial charge in [0.25, 0.3) is 0 Å². The van der Waals surface area contributed by atoms with E-state index >= 15 is 0 Å². The third-order valence-electron chi connectivity index (χ3n) is 3.24. The van der Waals surface area contributed by atoms with Crippen LogP contribution in [0.2, 0.25) is 0 Å². The SMILES string of the molecule is CC(CCO)NC1CCCc2cccnc21. The lowest BCUT2D eigenvalue weighted by molar-refractivity contribution is 0.259. The molecule has 0 fully saturated rings. The number of nitrogens with one attached hydrogen (secondary N) is 1. The summed E-state index contributed by atoms with van der Waals surface area (Å²) in [7, 11) is 0. The molecule has 2 N–H and O–H groups in total. The van der Waals surface area contributed by atoms with Crippen LogP contribution in [0.25, 0.3) is 0 Å². The molecule has 3 nitrogen and oxygen atoms in total. The summed E-state index contributed by atoms with van der Waals surface area (Å²) >= 11 is 0. The Labute approximate surface area is 96.9 Å². The number of aromatic nitrogens is 1. The van der Waals surface area contributed by atoms with Gasteiger partial charge in [0.05, 0.1) is 5.69 Å². The molecule has 0 aliphatic heterocycles. The lowest BCUT2D eigenvalue weighted by atomic mass is 9.91. The Morgan fingerprint density at radius 2 is 2.50 bits per heavy atom. The van der Waals surface area contributed by atoms with Crippen molar-refractivity contribution in [3.05, 3.63) is 29.6 Å². The average Bonchev–Trinajstić information content (AvgIpc) is 2.30. The van der Waals surface area contributed by atoms with Crippen molar-refractivity contribution >= 4 is 0 Å². The average molecular weight is 220 g/mol. The molecular weight excluding hydrogens is 200 g/mol. The molecule has 2 atom stereocenters. The first-order chi connectivity index (χ1) is 7.81. The van der Waals surface area contributed by atoms with Crippen molar-refractivity contribution in [3.8, 4) is 0 Å². The van der Waals surface area contributed by atoms with Crippen molar-refractivity contribution in [2.75, 3.05) is 6.61 Å². The molecule has 1 aliphatic rings. The number of rotatable bonds is 4. The fourth-order valence-corrected chi connectivity index (χ4v) is 2.39. The lowest BCUT2D eigenvalue weighted by Gasteiger charge is -2.28. The van der Waals surface area contributed by atoms with Gasteiger partial charge in [-0.3, -0.25) is 4.98 Å². The van der Waals surface area contributed by atoms with Crippen molar-refractivity contribution in [2.24, 2.45) is 0 Å². The quantitative estimate of drug-likeness (QED) is 0.813. The number of aliphatic hydroxyl groups is 1. The van der Waals surface area contributed by atoms with Gasteiger partial charge in [0.15, 0.2) is 0 Å². The summed E-state index contributed by atoms with van der Waals surface area (Å²) in [5.41, 5.74) is 2.58. The van der Waals surface area contributed by atoms with E-state index in [4.69, 9.17) is 5.11 Å². The second-order valence-electron chi connectivity index (χ2n) is 4.57. The fourth-order valence-electron chi connectivity index (χ4n) is 2.39. The highest BCUT2D eigenvalue weighted by molar-refractivity contribution is 5.25. The van der Waals surface area contributed by atoms with E-state index in [1.165, 1.54) is 17.7 Å². The number of fused-ring (bicyclic) bond motifs is 1. The second kappa shape index (κ2) is 5.41. The minimum absolute atomic E-state index is 0.246. The van der Waals surface area contributed by atoms with Crippen LogP contribution in [0, 0.1) is 0 Å². The van der Waals surface area contributed by atoms with Crippen LogP contribution in [-0.2, 0) is 6.42 Å². The number of pyridine rings is 1. The summed E-state index contributed by atoms with van der Waals surface area (Å²) in [6, 6.07) is 4.90. The van der Waals surface area contributed by atoms with Crippen LogP contribution in [-0.4, -0.2) is 22.7 Å². The van der Waals surface area contributed by atoms with Gasteiger partial charge in [-0.2, -0.15) is 0 Å². The molecule has 0 saturated carbocycles. The van der Waals surface area contributed by atoms with Gasteiger partial charge in [0, 0.05) is 24.9 Å². The molecule has 1 aromatic rings. The largest absolute Gasteiger partial charge is 0.396 e. The molecular formula is C13H20N2O. The van der Waals surface area contributed by atoms with Gasteiger partial charge in [0.2, 0.25) is 0 Å². The highest BCUT2D eigenvalue weighted by atomic mass is 16.3. The third kappa shape index (κ3) is 2.60. The Bertz CT molecular complexity index is 340. The van der Waals surface area contributed by atoms with Gasteiger partial charge < -0.3 is 10.4 Å². The molecule has 88 valence electrons. The summed E-state index contributed by atoms with van der Waals surface area (Å²) in [5.74, 6) is 0. The van der Waals surface area contributed by atoms with Gasteiger partial charge in [-0.05, 0) is 44.2 Å². The Morgan fingerprint density at radius 3 is 3.31 bits per heavy atom. The zero-order valence-corrected chi connectivity index (χ0v) is 9.82. The Morgan fingerprint density at radius 1 is 1.62 bits per heavy atom. The number of aliphatic hydroxyl groups excluding tert-OH is 1. The van der Waals surface area contributed by atoms with E-state index in [9.17, 15) is 0 Å². The second-order valence-corrected chi connectivity index (χ2v) is 4.57. The summed E-state index contributed by atoms with van der Waals surface area (Å²) < 4.78 is 0. The maximum absolute atomic E-state index is 8.91. The maximum atomic E-state index is 8.91. The summed E-state index contributed by atoms with van der Waals surface area (Å²) in [6.45, 7) is 2.36. The van der Waals surface area contributed by atoms with E-state index in [1.54, 1.807) is 0 Å². The lowest BCUT2D eigenvalue weighted by Crippen LogP contribution is -2.33. The van der Waals surface area contributed by atoms with Gasteiger partial charge >= 0.3 is 0 Å². The van der Waals surface area contributed by atoms with Gasteiger partial charge in [0.1, 0.15) is 0 Å². The van der Waals surface area contributed by atoms with E-state index in [0.29, 0.717) is 12.1 Å². The molecule has 0 amide bonds. The van der Waals surface area contributed by atoms with Crippen LogP contribution in [0.1, 0.15) is 43.5 Å². The molecule has 0 aromatic carbocycles. The maximum Gasteiger partial charge on any atom is 0.0605 e. The molecule has 1 aliphatic carbocycles. The Hall–Kier alpha value is -0.930. The van der Waals surface area contributed by atoms with Crippen LogP contribution in [0.4, 0.5) is 0 Å². The van der Waals surface area contributed by atoms with Crippen molar-refractivity contribution in [1.82, 2.24) is 10.3 Å². The number of hydrogen-bond acceptors (Lipinski definition) is 3. The third-order valence-corrected chi connectivity index (χ3v) is 3.24. The van der Waals surface area contributed by atoms with Crippen LogP contribution >= 0.6 is 0 Å². The smallest absolute Gasteiger partial charge is 0.0605 e. The predicted octanol–water partition coefficient (Wildman–Crippen LogP) is 1.82. The zero-order chi connectivity index (χ0) is 11.4. The Balaban J connectivity index is 2.07. The molecule has 0 spiro atoms. The van der Waals surface area contributed by atoms with Crippen molar-refractivity contribution < 1.29 is 5.11 Å². The summed E-state index contributed by atoms with van der Waals surface area (Å²) in [5, 5.41) is 12.5. The van der Waals surface area contributed by atoms with Gasteiger partial charge in [-0.1, -0.05) is 6.07 Å². The minimum Gasteiger partial charge on any atom is -0.396 e. The van der Waals surface area contributed by atoms with E-state index < -0.39 is 0 Å². The number of nitrogens with zero attached hydrogens (tertiary/aromatic N) is 1. The van der Waals surface area contributed by atoms with E-state index in [1.807, 2.05) is 12.3 Å². The predicted molar refractivity (Wildman–Crippen MR) is 64.2 cm³/mol. The number of aryl methyl sites for hydroxylation is 1. The topological polar surface area (TPSA) is 45.1 Å². The zero-order valence-electron chi connectivity index (χ0n) is 9.82. The number of hydrogen-bond donors (Lipinski definition) is 2. The Kier molecular flexibility index (Phi) is 3.91. The molecule has 0 bridgehead atoms. The standard InChI is InChI=1S/C13H20N2O/c1-10(7-9-16)15-12-6-2-4-11-5-3-8-14-13(11)12/h3,5,8,10,12,15-16H,2,4,6-7,9H2,1H3. The summed E-state index contributed by atoms with van der Waals surface area (Å²) in [6.07, 6.45) is 6.20. The summed E-state index contributed by atoms with van der Waals surface area (Å²) in [4.78, 5) is 4.49. The van der Waals surface area contributed by atoms with E-state index in [-0.39, 0.29) is 6.61 Å². The van der Waals surface area contributed by atoms with Crippen molar-refractivity contribution in [1.29, 1.82) is 0 Å². The fraction of sp³-hybridized carbons (Fsp3) is 0.615. The molecule has 1 heterocycles. The normalized spacial score (nSPS) is 21.5. The highest BCUT2D eigenvalue weighted by Crippen LogP contribution is 2.28. The monoisotopic (exact) mass is 220 g/mol. The molecule has 3 heteroatoms. The molecule has 2 rings (SSSR count). The van der Waals surface area contributed by atoms with Crippen LogP contribution < -0.4 is 5.32 Å². The first-order valence-corrected chi connectivity index (χ1v) is 6.12. The van der Waals surface area contributed by atoms with Crippen LogP contribution in [0.3, 0.4) is 0 Å². The van der Waals surface area contributed by atoms with Crippen LogP contribution in [0.5, 0.6) is 0 Å².